The Balaban J connectivity index is 1.52. The lowest BCUT2D eigenvalue weighted by molar-refractivity contribution is 0.469. The van der Waals surface area contributed by atoms with E-state index in [1.54, 1.807) is 30.9 Å². The maximum atomic E-state index is 13.9. The van der Waals surface area contributed by atoms with Crippen molar-refractivity contribution in [2.75, 3.05) is 0 Å². The van der Waals surface area contributed by atoms with Crippen molar-refractivity contribution in [3.05, 3.63) is 79.1 Å². The molecule has 0 atom stereocenters. The summed E-state index contributed by atoms with van der Waals surface area (Å²) in [6.45, 7) is 0. The normalized spacial score (nSPS) is 11.4. The molecule has 0 saturated carbocycles. The first-order valence-corrected chi connectivity index (χ1v) is 9.88. The van der Waals surface area contributed by atoms with Crippen LogP contribution in [-0.2, 0) is 0 Å². The maximum Gasteiger partial charge on any atom is 0.127 e. The van der Waals surface area contributed by atoms with E-state index in [0.717, 1.165) is 44.8 Å². The Bertz CT molecular complexity index is 1590. The van der Waals surface area contributed by atoms with Crippen molar-refractivity contribution >= 4 is 21.8 Å². The van der Waals surface area contributed by atoms with E-state index in [-0.39, 0.29) is 5.75 Å². The second-order valence-corrected chi connectivity index (χ2v) is 7.43. The Kier molecular flexibility index (Phi) is 3.97. The Labute approximate surface area is 180 Å². The standard InChI is InChI=1S/C24H15FN6O/c25-14-6-13(7-15(32)8-14)16-2-1-3-19-17(16)9-21(29-19)24-18-10-20(23-11-26-4-5-27-23)28-12-22(18)30-31-24/h1-12,29,32H,(H,30,31). The highest BCUT2D eigenvalue weighted by molar-refractivity contribution is 6.01. The predicted octanol–water partition coefficient (Wildman–Crippen LogP) is 5.07. The fourth-order valence-electron chi connectivity index (χ4n) is 3.96. The number of H-pyrrole nitrogens is 2. The van der Waals surface area contributed by atoms with E-state index in [9.17, 15) is 9.50 Å². The molecule has 6 rings (SSSR count). The van der Waals surface area contributed by atoms with Crippen molar-refractivity contribution in [1.29, 1.82) is 0 Å². The van der Waals surface area contributed by atoms with E-state index in [1.807, 2.05) is 30.3 Å². The second-order valence-electron chi connectivity index (χ2n) is 7.43. The van der Waals surface area contributed by atoms with Crippen LogP contribution in [-0.4, -0.2) is 35.2 Å². The van der Waals surface area contributed by atoms with Crippen LogP contribution in [0.15, 0.2) is 73.3 Å². The van der Waals surface area contributed by atoms with E-state index in [0.29, 0.717) is 17.0 Å². The summed E-state index contributed by atoms with van der Waals surface area (Å²) in [4.78, 5) is 16.3. The minimum atomic E-state index is -0.491. The number of rotatable bonds is 3. The van der Waals surface area contributed by atoms with Crippen LogP contribution >= 0.6 is 0 Å². The minimum Gasteiger partial charge on any atom is -0.508 e. The highest BCUT2D eigenvalue weighted by Gasteiger charge is 2.15. The van der Waals surface area contributed by atoms with Crippen molar-refractivity contribution in [2.45, 2.75) is 0 Å². The van der Waals surface area contributed by atoms with Crippen LogP contribution in [0, 0.1) is 5.82 Å². The molecule has 0 bridgehead atoms. The molecule has 0 spiro atoms. The van der Waals surface area contributed by atoms with Crippen molar-refractivity contribution < 1.29 is 9.50 Å². The number of nitrogens with zero attached hydrogens (tertiary/aromatic N) is 4. The van der Waals surface area contributed by atoms with Crippen molar-refractivity contribution in [2.24, 2.45) is 0 Å². The number of fused-ring (bicyclic) bond motifs is 2. The number of benzene rings is 2. The van der Waals surface area contributed by atoms with Gasteiger partial charge in [-0.1, -0.05) is 12.1 Å². The largest absolute Gasteiger partial charge is 0.508 e. The zero-order valence-corrected chi connectivity index (χ0v) is 16.5. The molecule has 0 radical (unpaired) electrons. The van der Waals surface area contributed by atoms with E-state index < -0.39 is 5.82 Å². The van der Waals surface area contributed by atoms with Gasteiger partial charge in [-0.25, -0.2) is 4.39 Å². The number of hydrogen-bond donors (Lipinski definition) is 3. The molecule has 0 unspecified atom stereocenters. The third kappa shape index (κ3) is 2.97. The molecular formula is C24H15FN6O. The van der Waals surface area contributed by atoms with Gasteiger partial charge in [0.05, 0.1) is 29.3 Å². The van der Waals surface area contributed by atoms with Gasteiger partial charge < -0.3 is 10.1 Å². The van der Waals surface area contributed by atoms with Gasteiger partial charge >= 0.3 is 0 Å². The summed E-state index contributed by atoms with van der Waals surface area (Å²) >= 11 is 0. The molecule has 7 nitrogen and oxygen atoms in total. The smallest absolute Gasteiger partial charge is 0.127 e. The Morgan fingerprint density at radius 2 is 1.78 bits per heavy atom. The first-order valence-electron chi connectivity index (χ1n) is 9.88. The summed E-state index contributed by atoms with van der Waals surface area (Å²) in [6, 6.07) is 13.7. The van der Waals surface area contributed by atoms with Gasteiger partial charge in [-0.3, -0.25) is 20.1 Å². The lowest BCUT2D eigenvalue weighted by atomic mass is 10.0. The van der Waals surface area contributed by atoms with Crippen LogP contribution in [0.1, 0.15) is 0 Å². The fourth-order valence-corrected chi connectivity index (χ4v) is 3.96. The summed E-state index contributed by atoms with van der Waals surface area (Å²) < 4.78 is 13.9. The van der Waals surface area contributed by atoms with E-state index >= 15 is 0 Å². The summed E-state index contributed by atoms with van der Waals surface area (Å²) in [5.41, 5.74) is 5.97. The number of phenolic OH excluding ortho intramolecular Hbond substituents is 1. The molecule has 0 aliphatic carbocycles. The van der Waals surface area contributed by atoms with Gasteiger partial charge in [0.1, 0.15) is 23.0 Å². The summed E-state index contributed by atoms with van der Waals surface area (Å²) in [5, 5.41) is 19.1. The average Bonchev–Trinajstić information content (AvgIpc) is 3.42. The predicted molar refractivity (Wildman–Crippen MR) is 119 cm³/mol. The van der Waals surface area contributed by atoms with Crippen LogP contribution in [0.4, 0.5) is 4.39 Å². The molecule has 4 heterocycles. The monoisotopic (exact) mass is 422 g/mol. The first kappa shape index (κ1) is 18.2. The second kappa shape index (κ2) is 6.98. The van der Waals surface area contributed by atoms with Gasteiger partial charge in [0, 0.05) is 34.7 Å². The highest BCUT2D eigenvalue weighted by atomic mass is 19.1. The lowest BCUT2D eigenvalue weighted by Gasteiger charge is -2.05. The minimum absolute atomic E-state index is 0.116. The average molecular weight is 422 g/mol. The van der Waals surface area contributed by atoms with Crippen molar-refractivity contribution in [3.63, 3.8) is 0 Å². The number of halogens is 1. The SMILES string of the molecule is Oc1cc(F)cc(-c2cccc3[nH]c(-c4n[nH]c5cnc(-c6cnccn6)cc45)cc23)c1. The third-order valence-electron chi connectivity index (χ3n) is 5.39. The molecule has 0 fully saturated rings. The van der Waals surface area contributed by atoms with Gasteiger partial charge in [0.25, 0.3) is 0 Å². The molecule has 6 aromatic rings. The molecule has 154 valence electrons. The number of phenols is 1. The summed E-state index contributed by atoms with van der Waals surface area (Å²) in [6.07, 6.45) is 6.63. The van der Waals surface area contributed by atoms with Gasteiger partial charge in [-0.05, 0) is 41.5 Å². The Morgan fingerprint density at radius 3 is 2.62 bits per heavy atom. The fraction of sp³-hybridized carbons (Fsp3) is 0. The molecular weight excluding hydrogens is 407 g/mol. The Morgan fingerprint density at radius 1 is 0.844 bits per heavy atom. The van der Waals surface area contributed by atoms with Gasteiger partial charge in [0.15, 0.2) is 0 Å². The molecule has 2 aromatic carbocycles. The topological polar surface area (TPSA) is 103 Å². The summed E-state index contributed by atoms with van der Waals surface area (Å²) in [7, 11) is 0. The van der Waals surface area contributed by atoms with Gasteiger partial charge in [0.2, 0.25) is 0 Å². The van der Waals surface area contributed by atoms with Crippen LogP contribution in [0.3, 0.4) is 0 Å². The quantitative estimate of drug-likeness (QED) is 0.369. The van der Waals surface area contributed by atoms with Crippen molar-refractivity contribution in [3.8, 4) is 39.7 Å². The summed E-state index contributed by atoms with van der Waals surface area (Å²) in [5.74, 6) is -0.606. The van der Waals surface area contributed by atoms with Crippen LogP contribution in [0.2, 0.25) is 0 Å². The van der Waals surface area contributed by atoms with Crippen LogP contribution < -0.4 is 0 Å². The Hall–Kier alpha value is -4.59. The zero-order chi connectivity index (χ0) is 21.7. The molecule has 8 heteroatoms. The number of nitrogens with one attached hydrogen (secondary N) is 2. The number of aromatic hydroxyl groups is 1. The van der Waals surface area contributed by atoms with Crippen LogP contribution in [0.25, 0.3) is 55.7 Å². The van der Waals surface area contributed by atoms with E-state index in [4.69, 9.17) is 0 Å². The van der Waals surface area contributed by atoms with E-state index in [2.05, 4.69) is 30.1 Å². The van der Waals surface area contributed by atoms with E-state index in [1.165, 1.54) is 6.07 Å². The molecule has 32 heavy (non-hydrogen) atoms. The maximum absolute atomic E-state index is 13.9. The highest BCUT2D eigenvalue weighted by Crippen LogP contribution is 2.35. The number of aromatic amines is 2. The molecule has 0 amide bonds. The lowest BCUT2D eigenvalue weighted by Crippen LogP contribution is -1.88. The molecule has 4 aromatic heterocycles. The number of aromatic nitrogens is 6. The third-order valence-corrected chi connectivity index (χ3v) is 5.39. The number of hydrogen-bond acceptors (Lipinski definition) is 5. The molecule has 3 N–H and O–H groups in total. The molecule has 0 aliphatic heterocycles. The number of pyridine rings is 1. The van der Waals surface area contributed by atoms with Gasteiger partial charge in [-0.2, -0.15) is 5.10 Å². The van der Waals surface area contributed by atoms with Crippen LogP contribution in [0.5, 0.6) is 5.75 Å². The van der Waals surface area contributed by atoms with Crippen molar-refractivity contribution in [1.82, 2.24) is 30.1 Å². The first-order chi connectivity index (χ1) is 15.7. The zero-order valence-electron chi connectivity index (χ0n) is 16.5. The molecule has 0 saturated heterocycles. The molecule has 0 aliphatic rings. The van der Waals surface area contributed by atoms with Gasteiger partial charge in [-0.15, -0.1) is 0 Å².